The summed E-state index contributed by atoms with van der Waals surface area (Å²) in [5.41, 5.74) is -3.72. The first-order valence-electron chi connectivity index (χ1n) is 9.08. The van der Waals surface area contributed by atoms with E-state index in [1.54, 1.807) is 4.98 Å². The fraction of sp³-hybridized carbons (Fsp3) is 0.0526. The average molecular weight is 490 g/mol. The van der Waals surface area contributed by atoms with Gasteiger partial charge >= 0.3 is 27.1 Å². The predicted molar refractivity (Wildman–Crippen MR) is 117 cm³/mol. The molecule has 0 spiro atoms. The molecular formula is C19H14N4O10S. The molecule has 2 N–H and O–H groups in total. The van der Waals surface area contributed by atoms with Crippen molar-refractivity contribution in [3.05, 3.63) is 94.8 Å². The minimum Gasteiger partial charge on any atom is -0.493 e. The Balaban J connectivity index is 1.97. The highest BCUT2D eigenvalue weighted by molar-refractivity contribution is 7.87. The molecule has 0 unspecified atom stereocenters. The third-order valence-corrected chi connectivity index (χ3v) is 5.57. The first-order valence-corrected chi connectivity index (χ1v) is 10.5. The highest BCUT2D eigenvalue weighted by Crippen LogP contribution is 2.33. The van der Waals surface area contributed by atoms with Crippen molar-refractivity contribution in [2.75, 3.05) is 7.11 Å². The molecule has 3 rings (SSSR count). The minimum absolute atomic E-state index is 0.0850. The third kappa shape index (κ3) is 4.99. The van der Waals surface area contributed by atoms with Crippen molar-refractivity contribution in [3.8, 4) is 11.5 Å². The number of hydrogen-bond donors (Lipinski definition) is 2. The van der Waals surface area contributed by atoms with E-state index in [1.807, 2.05) is 0 Å². The summed E-state index contributed by atoms with van der Waals surface area (Å²) < 4.78 is 35.4. The molecule has 0 saturated heterocycles. The SMILES string of the molecule is COc1cc(/C=C/c2[nH]c(=O)[nH]c(=O)c2[N+](=O)[O-])ccc1OS(=O)(=O)c1ccccc1[N+](=O)[O-]. The topological polar surface area (TPSA) is 205 Å². The van der Waals surface area contributed by atoms with Crippen LogP contribution < -0.4 is 20.2 Å². The largest absolute Gasteiger partial charge is 0.493 e. The van der Waals surface area contributed by atoms with Gasteiger partial charge in [-0.1, -0.05) is 24.3 Å². The number of para-hydroxylation sites is 1. The molecule has 0 amide bonds. The van der Waals surface area contributed by atoms with E-state index >= 15 is 0 Å². The summed E-state index contributed by atoms with van der Waals surface area (Å²) in [5.74, 6) is -0.369. The lowest BCUT2D eigenvalue weighted by atomic mass is 10.1. The number of nitro benzene ring substituents is 1. The highest BCUT2D eigenvalue weighted by Gasteiger charge is 2.28. The summed E-state index contributed by atoms with van der Waals surface area (Å²) in [5, 5.41) is 22.3. The molecule has 176 valence electrons. The van der Waals surface area contributed by atoms with E-state index in [2.05, 4.69) is 4.98 Å². The van der Waals surface area contributed by atoms with Gasteiger partial charge in [-0.05, 0) is 29.8 Å². The van der Waals surface area contributed by atoms with Crippen LogP contribution in [-0.2, 0) is 10.1 Å². The van der Waals surface area contributed by atoms with Crippen LogP contribution in [0, 0.1) is 20.2 Å². The number of ether oxygens (including phenoxy) is 1. The van der Waals surface area contributed by atoms with E-state index in [-0.39, 0.29) is 17.2 Å². The lowest BCUT2D eigenvalue weighted by Gasteiger charge is -2.11. The van der Waals surface area contributed by atoms with Crippen molar-refractivity contribution < 1.29 is 27.2 Å². The molecule has 15 heteroatoms. The Morgan fingerprint density at radius 1 is 0.941 bits per heavy atom. The maximum absolute atomic E-state index is 12.6. The zero-order valence-corrected chi connectivity index (χ0v) is 17.9. The second-order valence-electron chi connectivity index (χ2n) is 6.43. The molecule has 1 aromatic heterocycles. The van der Waals surface area contributed by atoms with E-state index in [4.69, 9.17) is 8.92 Å². The molecule has 0 fully saturated rings. The monoisotopic (exact) mass is 490 g/mol. The average Bonchev–Trinajstić information content (AvgIpc) is 2.77. The summed E-state index contributed by atoms with van der Waals surface area (Å²) in [7, 11) is -3.39. The first-order chi connectivity index (χ1) is 16.0. The van der Waals surface area contributed by atoms with Crippen LogP contribution in [-0.4, -0.2) is 35.3 Å². The van der Waals surface area contributed by atoms with Crippen molar-refractivity contribution >= 4 is 33.6 Å². The fourth-order valence-corrected chi connectivity index (χ4v) is 3.93. The van der Waals surface area contributed by atoms with Gasteiger partial charge in [0, 0.05) is 6.07 Å². The Bertz CT molecular complexity index is 1540. The zero-order chi connectivity index (χ0) is 25.0. The Morgan fingerprint density at radius 3 is 2.29 bits per heavy atom. The number of aromatic nitrogens is 2. The van der Waals surface area contributed by atoms with E-state index in [9.17, 15) is 38.2 Å². The number of aromatic amines is 2. The second kappa shape index (κ2) is 9.37. The summed E-state index contributed by atoms with van der Waals surface area (Å²) >= 11 is 0. The molecular weight excluding hydrogens is 476 g/mol. The van der Waals surface area contributed by atoms with Crippen LogP contribution in [0.1, 0.15) is 11.3 Å². The standard InChI is InChI=1S/C19H14N4O10S/c1-32-15-10-11(6-8-12-17(23(28)29)18(24)21-19(25)20-12)7-9-14(15)33-34(30,31)16-5-3-2-4-13(16)22(26)27/h2-10H,1H3,(H2,20,21,24,25)/b8-6+. The van der Waals surface area contributed by atoms with E-state index in [0.717, 1.165) is 18.2 Å². The van der Waals surface area contributed by atoms with Gasteiger partial charge in [0.15, 0.2) is 16.4 Å². The smallest absolute Gasteiger partial charge is 0.357 e. The van der Waals surface area contributed by atoms with Crippen molar-refractivity contribution in [2.24, 2.45) is 0 Å². The molecule has 0 atom stereocenters. The maximum Gasteiger partial charge on any atom is 0.357 e. The summed E-state index contributed by atoms with van der Waals surface area (Å²) in [6.07, 6.45) is 2.40. The number of hydrogen-bond acceptors (Lipinski definition) is 10. The number of nitrogens with one attached hydrogen (secondary N) is 2. The van der Waals surface area contributed by atoms with Crippen LogP contribution >= 0.6 is 0 Å². The number of H-pyrrole nitrogens is 2. The van der Waals surface area contributed by atoms with Gasteiger partial charge in [0.1, 0.15) is 5.69 Å². The van der Waals surface area contributed by atoms with Crippen molar-refractivity contribution in [1.82, 2.24) is 9.97 Å². The molecule has 0 bridgehead atoms. The minimum atomic E-state index is -4.61. The molecule has 0 radical (unpaired) electrons. The zero-order valence-electron chi connectivity index (χ0n) is 17.1. The van der Waals surface area contributed by atoms with Gasteiger partial charge in [-0.2, -0.15) is 8.42 Å². The number of methoxy groups -OCH3 is 1. The lowest BCUT2D eigenvalue weighted by Crippen LogP contribution is -2.25. The molecule has 0 aliphatic rings. The van der Waals surface area contributed by atoms with Crippen LogP contribution in [0.3, 0.4) is 0 Å². The van der Waals surface area contributed by atoms with Crippen LogP contribution in [0.2, 0.25) is 0 Å². The van der Waals surface area contributed by atoms with E-state index in [1.165, 1.54) is 43.5 Å². The van der Waals surface area contributed by atoms with Crippen LogP contribution in [0.25, 0.3) is 12.2 Å². The molecule has 0 aliphatic carbocycles. The fourth-order valence-electron chi connectivity index (χ4n) is 2.82. The van der Waals surface area contributed by atoms with Gasteiger partial charge in [-0.15, -0.1) is 0 Å². The Morgan fingerprint density at radius 2 is 1.65 bits per heavy atom. The van der Waals surface area contributed by atoms with Crippen LogP contribution in [0.4, 0.5) is 11.4 Å². The Labute approximate surface area is 189 Å². The summed E-state index contributed by atoms with van der Waals surface area (Å²) in [4.78, 5) is 46.8. The van der Waals surface area contributed by atoms with Gasteiger partial charge in [0.2, 0.25) is 0 Å². The molecule has 1 heterocycles. The van der Waals surface area contributed by atoms with Crippen LogP contribution in [0.5, 0.6) is 11.5 Å². The molecule has 0 aliphatic heterocycles. The van der Waals surface area contributed by atoms with Gasteiger partial charge < -0.3 is 13.9 Å². The molecule has 0 saturated carbocycles. The maximum atomic E-state index is 12.6. The van der Waals surface area contributed by atoms with Crippen LogP contribution in [0.15, 0.2) is 56.9 Å². The Hall–Kier alpha value is -4.79. The van der Waals surface area contributed by atoms with Gasteiger partial charge in [0.05, 0.1) is 17.0 Å². The van der Waals surface area contributed by atoms with Crippen molar-refractivity contribution in [1.29, 1.82) is 0 Å². The molecule has 2 aromatic carbocycles. The number of nitro groups is 2. The lowest BCUT2D eigenvalue weighted by molar-refractivity contribution is -0.387. The quantitative estimate of drug-likeness (QED) is 0.266. The normalized spacial score (nSPS) is 11.3. The Kier molecular flexibility index (Phi) is 6.58. The second-order valence-corrected chi connectivity index (χ2v) is 7.95. The van der Waals surface area contributed by atoms with E-state index < -0.39 is 47.5 Å². The summed E-state index contributed by atoms with van der Waals surface area (Å²) in [6.45, 7) is 0. The van der Waals surface area contributed by atoms with E-state index in [0.29, 0.717) is 5.56 Å². The predicted octanol–water partition coefficient (Wildman–Crippen LogP) is 1.83. The number of rotatable bonds is 8. The molecule has 14 nitrogen and oxygen atoms in total. The van der Waals surface area contributed by atoms with Crippen molar-refractivity contribution in [2.45, 2.75) is 4.90 Å². The summed E-state index contributed by atoms with van der Waals surface area (Å²) in [6, 6.07) is 8.48. The highest BCUT2D eigenvalue weighted by atomic mass is 32.2. The molecule has 34 heavy (non-hydrogen) atoms. The third-order valence-electron chi connectivity index (χ3n) is 4.29. The first kappa shape index (κ1) is 23.9. The number of nitrogens with zero attached hydrogens (tertiary/aromatic N) is 2. The van der Waals surface area contributed by atoms with Gasteiger partial charge in [0.25, 0.3) is 5.69 Å². The number of benzene rings is 2. The van der Waals surface area contributed by atoms with Crippen molar-refractivity contribution in [3.63, 3.8) is 0 Å². The molecule has 3 aromatic rings. The van der Waals surface area contributed by atoms with Gasteiger partial charge in [-0.3, -0.25) is 30.0 Å². The van der Waals surface area contributed by atoms with Gasteiger partial charge in [-0.25, -0.2) is 4.79 Å².